The highest BCUT2D eigenvalue weighted by atomic mass is 16.1. The van der Waals surface area contributed by atoms with Gasteiger partial charge in [-0.15, -0.1) is 0 Å². The van der Waals surface area contributed by atoms with E-state index in [9.17, 15) is 4.79 Å². The van der Waals surface area contributed by atoms with Gasteiger partial charge < -0.3 is 10.6 Å². The van der Waals surface area contributed by atoms with Gasteiger partial charge in [-0.25, -0.2) is 0 Å². The van der Waals surface area contributed by atoms with Crippen LogP contribution in [0.15, 0.2) is 18.2 Å². The van der Waals surface area contributed by atoms with Crippen molar-refractivity contribution in [3.05, 3.63) is 34.9 Å². The average Bonchev–Trinajstić information content (AvgIpc) is 2.27. The predicted octanol–water partition coefficient (Wildman–Crippen LogP) is 2.03. The molecule has 0 spiro atoms. The predicted molar refractivity (Wildman–Crippen MR) is 71.4 cm³/mol. The second-order valence-electron chi connectivity index (χ2n) is 4.66. The van der Waals surface area contributed by atoms with Gasteiger partial charge in [0, 0.05) is 24.7 Å². The van der Waals surface area contributed by atoms with Crippen molar-refractivity contribution in [2.24, 2.45) is 0 Å². The fraction of sp³-hybridized carbons (Fsp3) is 0.500. The van der Waals surface area contributed by atoms with E-state index in [-0.39, 0.29) is 5.91 Å². The van der Waals surface area contributed by atoms with E-state index in [1.165, 1.54) is 5.56 Å². The van der Waals surface area contributed by atoms with Gasteiger partial charge in [-0.05, 0) is 37.1 Å². The van der Waals surface area contributed by atoms with Crippen LogP contribution in [0.4, 0.5) is 0 Å². The van der Waals surface area contributed by atoms with E-state index in [0.29, 0.717) is 12.6 Å². The zero-order valence-corrected chi connectivity index (χ0v) is 11.1. The average molecular weight is 234 g/mol. The molecule has 0 saturated heterocycles. The third-order valence-electron chi connectivity index (χ3n) is 2.73. The molecule has 0 saturated carbocycles. The molecule has 0 atom stereocenters. The Hall–Kier alpha value is -1.35. The van der Waals surface area contributed by atoms with Crippen LogP contribution in [0.3, 0.4) is 0 Å². The number of rotatable bonds is 5. The molecule has 3 heteroatoms. The molecule has 1 amide bonds. The minimum absolute atomic E-state index is 0.00124. The molecule has 0 heterocycles. The normalized spacial score (nSPS) is 10.6. The monoisotopic (exact) mass is 234 g/mol. The van der Waals surface area contributed by atoms with Gasteiger partial charge in [0.15, 0.2) is 0 Å². The van der Waals surface area contributed by atoms with Gasteiger partial charge in [0.2, 0.25) is 0 Å². The van der Waals surface area contributed by atoms with E-state index in [0.717, 1.165) is 17.7 Å². The van der Waals surface area contributed by atoms with Crippen molar-refractivity contribution >= 4 is 5.91 Å². The molecule has 0 aliphatic carbocycles. The topological polar surface area (TPSA) is 41.1 Å². The zero-order valence-electron chi connectivity index (χ0n) is 11.1. The third-order valence-corrected chi connectivity index (χ3v) is 2.73. The van der Waals surface area contributed by atoms with Crippen LogP contribution in [0, 0.1) is 13.8 Å². The van der Waals surface area contributed by atoms with Crippen LogP contribution in [0.1, 0.15) is 35.3 Å². The number of aryl methyl sites for hydroxylation is 2. The van der Waals surface area contributed by atoms with Gasteiger partial charge in [0.05, 0.1) is 0 Å². The highest BCUT2D eigenvalue weighted by Gasteiger charge is 2.05. The summed E-state index contributed by atoms with van der Waals surface area (Å²) in [5.74, 6) is -0.00124. The lowest BCUT2D eigenvalue weighted by Gasteiger charge is -2.10. The number of hydrogen-bond acceptors (Lipinski definition) is 2. The Bertz CT molecular complexity index is 386. The molecular formula is C14H22N2O. The summed E-state index contributed by atoms with van der Waals surface area (Å²) in [6.07, 6.45) is 0. The van der Waals surface area contributed by atoms with Crippen molar-refractivity contribution in [3.63, 3.8) is 0 Å². The summed E-state index contributed by atoms with van der Waals surface area (Å²) in [6, 6.07) is 6.23. The van der Waals surface area contributed by atoms with Gasteiger partial charge in [0.25, 0.3) is 5.91 Å². The fourth-order valence-electron chi connectivity index (χ4n) is 1.52. The Morgan fingerprint density at radius 1 is 1.18 bits per heavy atom. The SMILES string of the molecule is Cc1ccc(C(=O)NCCNC(C)C)cc1C. The molecule has 17 heavy (non-hydrogen) atoms. The first-order valence-electron chi connectivity index (χ1n) is 6.09. The molecule has 0 radical (unpaired) electrons. The first kappa shape index (κ1) is 13.7. The van der Waals surface area contributed by atoms with Crippen LogP contribution >= 0.6 is 0 Å². The molecule has 2 N–H and O–H groups in total. The Balaban J connectivity index is 2.44. The summed E-state index contributed by atoms with van der Waals surface area (Å²) in [7, 11) is 0. The van der Waals surface area contributed by atoms with Gasteiger partial charge in [-0.2, -0.15) is 0 Å². The molecular weight excluding hydrogens is 212 g/mol. The van der Waals surface area contributed by atoms with E-state index in [4.69, 9.17) is 0 Å². The van der Waals surface area contributed by atoms with E-state index >= 15 is 0 Å². The minimum Gasteiger partial charge on any atom is -0.351 e. The van der Waals surface area contributed by atoms with Crippen LogP contribution in [0.2, 0.25) is 0 Å². The molecule has 94 valence electrons. The van der Waals surface area contributed by atoms with Crippen LogP contribution < -0.4 is 10.6 Å². The maximum absolute atomic E-state index is 11.8. The molecule has 0 bridgehead atoms. The van der Waals surface area contributed by atoms with Crippen molar-refractivity contribution in [3.8, 4) is 0 Å². The summed E-state index contributed by atoms with van der Waals surface area (Å²) >= 11 is 0. The summed E-state index contributed by atoms with van der Waals surface area (Å²) in [6.45, 7) is 9.70. The van der Waals surface area contributed by atoms with Crippen molar-refractivity contribution in [1.29, 1.82) is 0 Å². The second-order valence-corrected chi connectivity index (χ2v) is 4.66. The Kier molecular flexibility index (Phi) is 5.16. The Labute approximate surface area is 104 Å². The molecule has 0 unspecified atom stereocenters. The largest absolute Gasteiger partial charge is 0.351 e. The van der Waals surface area contributed by atoms with Gasteiger partial charge in [0.1, 0.15) is 0 Å². The van der Waals surface area contributed by atoms with Crippen molar-refractivity contribution in [2.75, 3.05) is 13.1 Å². The van der Waals surface area contributed by atoms with Crippen LogP contribution in [-0.2, 0) is 0 Å². The van der Waals surface area contributed by atoms with E-state index < -0.39 is 0 Å². The number of carbonyl (C=O) groups excluding carboxylic acids is 1. The standard InChI is InChI=1S/C14H22N2O/c1-10(2)15-7-8-16-14(17)13-6-5-11(3)12(4)9-13/h5-6,9-10,15H,7-8H2,1-4H3,(H,16,17). The third kappa shape index (κ3) is 4.57. The Morgan fingerprint density at radius 3 is 2.47 bits per heavy atom. The molecule has 0 aliphatic heterocycles. The van der Waals surface area contributed by atoms with Gasteiger partial charge in [-0.1, -0.05) is 19.9 Å². The lowest BCUT2D eigenvalue weighted by atomic mass is 10.1. The summed E-state index contributed by atoms with van der Waals surface area (Å²) in [4.78, 5) is 11.8. The summed E-state index contributed by atoms with van der Waals surface area (Å²) < 4.78 is 0. The molecule has 3 nitrogen and oxygen atoms in total. The molecule has 1 rings (SSSR count). The maximum atomic E-state index is 11.8. The quantitative estimate of drug-likeness (QED) is 0.765. The number of benzene rings is 1. The van der Waals surface area contributed by atoms with Crippen molar-refractivity contribution < 1.29 is 4.79 Å². The van der Waals surface area contributed by atoms with E-state index in [1.807, 2.05) is 32.0 Å². The number of nitrogens with one attached hydrogen (secondary N) is 2. The van der Waals surface area contributed by atoms with Gasteiger partial charge in [-0.3, -0.25) is 4.79 Å². The molecule has 0 fully saturated rings. The van der Waals surface area contributed by atoms with Crippen LogP contribution in [-0.4, -0.2) is 25.0 Å². The zero-order chi connectivity index (χ0) is 12.8. The fourth-order valence-corrected chi connectivity index (χ4v) is 1.52. The van der Waals surface area contributed by atoms with Crippen LogP contribution in [0.5, 0.6) is 0 Å². The van der Waals surface area contributed by atoms with E-state index in [1.54, 1.807) is 0 Å². The summed E-state index contributed by atoms with van der Waals surface area (Å²) in [5.41, 5.74) is 3.10. The minimum atomic E-state index is -0.00124. The van der Waals surface area contributed by atoms with Crippen molar-refractivity contribution in [1.82, 2.24) is 10.6 Å². The lowest BCUT2D eigenvalue weighted by Crippen LogP contribution is -2.34. The number of hydrogen-bond donors (Lipinski definition) is 2. The second kappa shape index (κ2) is 6.40. The first-order chi connectivity index (χ1) is 8.00. The van der Waals surface area contributed by atoms with Gasteiger partial charge >= 0.3 is 0 Å². The molecule has 0 aromatic heterocycles. The maximum Gasteiger partial charge on any atom is 0.251 e. The first-order valence-corrected chi connectivity index (χ1v) is 6.09. The lowest BCUT2D eigenvalue weighted by molar-refractivity contribution is 0.0953. The van der Waals surface area contributed by atoms with Crippen molar-refractivity contribution in [2.45, 2.75) is 33.7 Å². The number of carbonyl (C=O) groups is 1. The molecule has 1 aromatic rings. The smallest absolute Gasteiger partial charge is 0.251 e. The molecule has 1 aromatic carbocycles. The molecule has 0 aliphatic rings. The highest BCUT2D eigenvalue weighted by Crippen LogP contribution is 2.09. The van der Waals surface area contributed by atoms with Crippen LogP contribution in [0.25, 0.3) is 0 Å². The highest BCUT2D eigenvalue weighted by molar-refractivity contribution is 5.94. The van der Waals surface area contributed by atoms with E-state index in [2.05, 4.69) is 24.5 Å². The summed E-state index contributed by atoms with van der Waals surface area (Å²) in [5, 5.41) is 6.16. The Morgan fingerprint density at radius 2 is 1.88 bits per heavy atom. The number of amides is 1.